The molecule has 2 amide bonds. The van der Waals surface area contributed by atoms with E-state index < -0.39 is 15.8 Å². The number of aryl methyl sites for hydroxylation is 1. The summed E-state index contributed by atoms with van der Waals surface area (Å²) >= 11 is 0. The van der Waals surface area contributed by atoms with E-state index in [4.69, 9.17) is 0 Å². The first kappa shape index (κ1) is 24.4. The number of amides is 2. The van der Waals surface area contributed by atoms with Crippen LogP contribution in [0.1, 0.15) is 28.8 Å². The summed E-state index contributed by atoms with van der Waals surface area (Å²) in [7, 11) is -4.02. The highest BCUT2D eigenvalue weighted by Crippen LogP contribution is 2.23. The smallest absolute Gasteiger partial charge is 0.261 e. The Hall–Kier alpha value is -3.72. The first-order valence-electron chi connectivity index (χ1n) is 11.3. The van der Waals surface area contributed by atoms with Crippen LogP contribution in [0.4, 0.5) is 15.8 Å². The highest BCUT2D eigenvalue weighted by molar-refractivity contribution is 7.92. The van der Waals surface area contributed by atoms with Gasteiger partial charge in [-0.1, -0.05) is 30.3 Å². The second-order valence-corrected chi connectivity index (χ2v) is 10.2. The summed E-state index contributed by atoms with van der Waals surface area (Å²) < 4.78 is 41.6. The van der Waals surface area contributed by atoms with Gasteiger partial charge in [0.15, 0.2) is 0 Å². The molecule has 0 spiro atoms. The van der Waals surface area contributed by atoms with Gasteiger partial charge in [-0.3, -0.25) is 14.3 Å². The minimum absolute atomic E-state index is 0.0627. The van der Waals surface area contributed by atoms with Crippen molar-refractivity contribution in [3.05, 3.63) is 89.7 Å². The maximum absolute atomic E-state index is 13.8. The van der Waals surface area contributed by atoms with E-state index in [0.717, 1.165) is 11.8 Å². The van der Waals surface area contributed by atoms with E-state index in [1.54, 1.807) is 24.0 Å². The zero-order valence-corrected chi connectivity index (χ0v) is 20.0. The summed E-state index contributed by atoms with van der Waals surface area (Å²) in [6.07, 6.45) is 1.07. The zero-order valence-electron chi connectivity index (χ0n) is 19.2. The molecule has 0 bridgehead atoms. The van der Waals surface area contributed by atoms with Crippen molar-refractivity contribution in [2.24, 2.45) is 5.92 Å². The molecule has 0 radical (unpaired) electrons. The third kappa shape index (κ3) is 5.86. The first-order valence-corrected chi connectivity index (χ1v) is 12.8. The average Bonchev–Trinajstić information content (AvgIpc) is 2.86. The number of sulfonamides is 1. The lowest BCUT2D eigenvalue weighted by Gasteiger charge is -2.31. The van der Waals surface area contributed by atoms with Crippen LogP contribution in [0.3, 0.4) is 0 Å². The average molecular weight is 496 g/mol. The van der Waals surface area contributed by atoms with Crippen LogP contribution >= 0.6 is 0 Å². The molecule has 4 rings (SSSR count). The number of likely N-dealkylation sites (tertiary alicyclic amines) is 1. The molecule has 3 aromatic carbocycles. The van der Waals surface area contributed by atoms with E-state index >= 15 is 0 Å². The Morgan fingerprint density at radius 1 is 0.914 bits per heavy atom. The van der Waals surface area contributed by atoms with Crippen molar-refractivity contribution in [1.29, 1.82) is 0 Å². The third-order valence-corrected chi connectivity index (χ3v) is 7.39. The fourth-order valence-corrected chi connectivity index (χ4v) is 5.02. The zero-order chi connectivity index (χ0) is 25.0. The van der Waals surface area contributed by atoms with E-state index in [1.807, 2.05) is 30.3 Å². The van der Waals surface area contributed by atoms with Gasteiger partial charge in [0.2, 0.25) is 5.91 Å². The lowest BCUT2D eigenvalue weighted by molar-refractivity contribution is -0.121. The molecule has 9 heteroatoms. The second kappa shape index (κ2) is 10.3. The van der Waals surface area contributed by atoms with Crippen LogP contribution < -0.4 is 10.0 Å². The van der Waals surface area contributed by atoms with Gasteiger partial charge in [-0.25, -0.2) is 12.8 Å². The van der Waals surface area contributed by atoms with E-state index in [1.165, 1.54) is 24.3 Å². The van der Waals surface area contributed by atoms with Crippen LogP contribution in [0.15, 0.2) is 77.7 Å². The van der Waals surface area contributed by atoms with Gasteiger partial charge in [-0.2, -0.15) is 0 Å². The molecule has 1 aliphatic rings. The number of hydrogen-bond acceptors (Lipinski definition) is 4. The lowest BCUT2D eigenvalue weighted by atomic mass is 9.95. The Labute approximate surface area is 204 Å². The van der Waals surface area contributed by atoms with Crippen LogP contribution in [0.5, 0.6) is 0 Å². The van der Waals surface area contributed by atoms with E-state index in [9.17, 15) is 22.4 Å². The third-order valence-electron chi connectivity index (χ3n) is 6.01. The van der Waals surface area contributed by atoms with Crippen LogP contribution in [-0.4, -0.2) is 38.2 Å². The molecule has 3 aromatic rings. The van der Waals surface area contributed by atoms with Crippen molar-refractivity contribution in [1.82, 2.24) is 4.90 Å². The van der Waals surface area contributed by atoms with Gasteiger partial charge in [0.1, 0.15) is 5.82 Å². The van der Waals surface area contributed by atoms with E-state index in [2.05, 4.69) is 10.0 Å². The Bertz CT molecular complexity index is 1340. The molecule has 1 heterocycles. The first-order chi connectivity index (χ1) is 16.7. The molecule has 0 saturated carbocycles. The molecule has 0 aromatic heterocycles. The van der Waals surface area contributed by atoms with Crippen molar-refractivity contribution < 1.29 is 22.4 Å². The number of piperidine rings is 1. The Morgan fingerprint density at radius 3 is 2.29 bits per heavy atom. The number of nitrogens with zero attached hydrogens (tertiary/aromatic N) is 1. The molecule has 0 atom stereocenters. The highest BCUT2D eigenvalue weighted by Gasteiger charge is 2.28. The molecule has 7 nitrogen and oxygen atoms in total. The van der Waals surface area contributed by atoms with Crippen molar-refractivity contribution in [3.63, 3.8) is 0 Å². The standard InChI is InChI=1S/C26H26FN3O4S/c1-18-10-11-23(17-24(18)27)35(33,34)29-22-9-5-6-20(16-22)26(32)30-14-12-19(13-15-30)25(31)28-21-7-3-2-4-8-21/h2-11,16-17,19,29H,12-15H2,1H3,(H,28,31). The lowest BCUT2D eigenvalue weighted by Crippen LogP contribution is -2.41. The number of rotatable bonds is 6. The van der Waals surface area contributed by atoms with Crippen LogP contribution in [0.2, 0.25) is 0 Å². The minimum Gasteiger partial charge on any atom is -0.339 e. The summed E-state index contributed by atoms with van der Waals surface area (Å²) in [6, 6.07) is 19.1. The number of anilines is 2. The maximum Gasteiger partial charge on any atom is 0.261 e. The largest absolute Gasteiger partial charge is 0.339 e. The SMILES string of the molecule is Cc1ccc(S(=O)(=O)Nc2cccc(C(=O)N3CCC(C(=O)Nc4ccccc4)CC3)c2)cc1F. The molecule has 1 saturated heterocycles. The van der Waals surface area contributed by atoms with Gasteiger partial charge in [0.05, 0.1) is 4.90 Å². The number of para-hydroxylation sites is 1. The molecular weight excluding hydrogens is 469 g/mol. The number of carbonyl (C=O) groups excluding carboxylic acids is 2. The molecule has 2 N–H and O–H groups in total. The number of carbonyl (C=O) groups is 2. The summed E-state index contributed by atoms with van der Waals surface area (Å²) in [5.41, 5.74) is 1.61. The highest BCUT2D eigenvalue weighted by atomic mass is 32.2. The fraction of sp³-hybridized carbons (Fsp3) is 0.231. The van der Waals surface area contributed by atoms with Crippen molar-refractivity contribution in [2.45, 2.75) is 24.7 Å². The second-order valence-electron chi connectivity index (χ2n) is 8.52. The Balaban J connectivity index is 1.38. The number of nitrogens with one attached hydrogen (secondary N) is 2. The summed E-state index contributed by atoms with van der Waals surface area (Å²) in [6.45, 7) is 2.39. The normalized spacial score (nSPS) is 14.4. The van der Waals surface area contributed by atoms with Gasteiger partial charge in [-0.05, 0) is 67.8 Å². The minimum atomic E-state index is -4.02. The monoisotopic (exact) mass is 495 g/mol. The van der Waals surface area contributed by atoms with Crippen molar-refractivity contribution in [2.75, 3.05) is 23.1 Å². The fourth-order valence-electron chi connectivity index (χ4n) is 3.96. The number of benzene rings is 3. The van der Waals surface area contributed by atoms with E-state index in [0.29, 0.717) is 37.1 Å². The predicted molar refractivity (Wildman–Crippen MR) is 132 cm³/mol. The molecule has 0 aliphatic carbocycles. The molecule has 1 aliphatic heterocycles. The van der Waals surface area contributed by atoms with Crippen LogP contribution in [-0.2, 0) is 14.8 Å². The Morgan fingerprint density at radius 2 is 1.60 bits per heavy atom. The topological polar surface area (TPSA) is 95.6 Å². The Kier molecular flexibility index (Phi) is 7.16. The molecular formula is C26H26FN3O4S. The van der Waals surface area contributed by atoms with Gasteiger partial charge in [0, 0.05) is 35.9 Å². The number of halogens is 1. The van der Waals surface area contributed by atoms with Crippen LogP contribution in [0.25, 0.3) is 0 Å². The number of hydrogen-bond donors (Lipinski definition) is 2. The van der Waals surface area contributed by atoms with Crippen LogP contribution in [0, 0.1) is 18.7 Å². The van der Waals surface area contributed by atoms with E-state index in [-0.39, 0.29) is 28.3 Å². The quantitative estimate of drug-likeness (QED) is 0.529. The summed E-state index contributed by atoms with van der Waals surface area (Å²) in [4.78, 5) is 27.0. The summed E-state index contributed by atoms with van der Waals surface area (Å²) in [5, 5.41) is 2.91. The maximum atomic E-state index is 13.8. The van der Waals surface area contributed by atoms with Gasteiger partial charge in [0.25, 0.3) is 15.9 Å². The molecule has 182 valence electrons. The summed E-state index contributed by atoms with van der Waals surface area (Å²) in [5.74, 6) is -1.11. The molecule has 1 fully saturated rings. The molecule has 0 unspecified atom stereocenters. The van der Waals surface area contributed by atoms with Gasteiger partial charge >= 0.3 is 0 Å². The van der Waals surface area contributed by atoms with Gasteiger partial charge in [-0.15, -0.1) is 0 Å². The molecule has 35 heavy (non-hydrogen) atoms. The van der Waals surface area contributed by atoms with Crippen molar-refractivity contribution >= 4 is 33.2 Å². The predicted octanol–water partition coefficient (Wildman–Crippen LogP) is 4.43. The van der Waals surface area contributed by atoms with Gasteiger partial charge < -0.3 is 10.2 Å². The van der Waals surface area contributed by atoms with Crippen molar-refractivity contribution in [3.8, 4) is 0 Å².